The SMILES string of the molecule is Cn1c(C(=O)N[C@H]2C[C@H](C(=O)O)C2)cc(-c2cc(C(C)(C)O)cc(C3(C)CC3)c2)c1CC1CCC(F)(F)CC1. The van der Waals surface area contributed by atoms with Crippen molar-refractivity contribution >= 4 is 11.9 Å². The molecule has 0 spiro atoms. The number of carbonyl (C=O) groups is 2. The van der Waals surface area contributed by atoms with Crippen molar-refractivity contribution in [2.24, 2.45) is 18.9 Å². The van der Waals surface area contributed by atoms with E-state index in [1.54, 1.807) is 13.8 Å². The molecule has 1 aromatic carbocycles. The first-order valence-electron chi connectivity index (χ1n) is 14.1. The zero-order valence-electron chi connectivity index (χ0n) is 23.3. The monoisotopic (exact) mass is 542 g/mol. The van der Waals surface area contributed by atoms with Gasteiger partial charge in [0.25, 0.3) is 5.91 Å². The third-order valence-electron chi connectivity index (χ3n) is 9.38. The van der Waals surface area contributed by atoms with Crippen molar-refractivity contribution in [3.05, 3.63) is 46.8 Å². The van der Waals surface area contributed by atoms with E-state index in [0.29, 0.717) is 37.8 Å². The van der Waals surface area contributed by atoms with Gasteiger partial charge in [0.1, 0.15) is 5.69 Å². The molecule has 3 N–H and O–H groups in total. The lowest BCUT2D eigenvalue weighted by molar-refractivity contribution is -0.145. The van der Waals surface area contributed by atoms with Crippen molar-refractivity contribution in [3.8, 4) is 11.1 Å². The van der Waals surface area contributed by atoms with Crippen LogP contribution >= 0.6 is 0 Å². The molecule has 5 rings (SSSR count). The van der Waals surface area contributed by atoms with Gasteiger partial charge in [-0.3, -0.25) is 9.59 Å². The molecule has 3 aliphatic carbocycles. The second-order valence-corrected chi connectivity index (χ2v) is 13.0. The Bertz CT molecular complexity index is 1250. The van der Waals surface area contributed by atoms with Crippen LogP contribution in [0.1, 0.15) is 99.4 Å². The fourth-order valence-corrected chi connectivity index (χ4v) is 6.09. The second-order valence-electron chi connectivity index (χ2n) is 13.0. The van der Waals surface area contributed by atoms with Crippen LogP contribution in [-0.2, 0) is 29.3 Å². The molecule has 8 heteroatoms. The maximum Gasteiger partial charge on any atom is 0.306 e. The van der Waals surface area contributed by atoms with E-state index in [1.165, 1.54) is 0 Å². The highest BCUT2D eigenvalue weighted by atomic mass is 19.3. The number of aliphatic carboxylic acids is 1. The van der Waals surface area contributed by atoms with Crippen LogP contribution in [-0.4, -0.2) is 38.6 Å². The number of hydrogen-bond acceptors (Lipinski definition) is 3. The Hall–Kier alpha value is -2.74. The minimum atomic E-state index is -2.61. The first-order chi connectivity index (χ1) is 18.1. The van der Waals surface area contributed by atoms with Crippen molar-refractivity contribution in [2.75, 3.05) is 0 Å². The highest BCUT2D eigenvalue weighted by Crippen LogP contribution is 2.49. The molecular formula is C31H40F2N2O4. The number of carboxylic acids is 1. The smallest absolute Gasteiger partial charge is 0.306 e. The summed E-state index contributed by atoms with van der Waals surface area (Å²) in [5.74, 6) is -4.04. The molecule has 0 unspecified atom stereocenters. The Morgan fingerprint density at radius 3 is 2.28 bits per heavy atom. The van der Waals surface area contributed by atoms with Crippen LogP contribution in [0.25, 0.3) is 11.1 Å². The third kappa shape index (κ3) is 5.76. The van der Waals surface area contributed by atoms with Crippen LogP contribution in [0.4, 0.5) is 8.78 Å². The molecule has 0 atom stereocenters. The minimum absolute atomic E-state index is 0.0605. The molecule has 3 fully saturated rings. The largest absolute Gasteiger partial charge is 0.481 e. The number of amides is 1. The quantitative estimate of drug-likeness (QED) is 0.386. The molecule has 0 aliphatic heterocycles. The highest BCUT2D eigenvalue weighted by Gasteiger charge is 2.41. The maximum absolute atomic E-state index is 13.9. The predicted molar refractivity (Wildman–Crippen MR) is 145 cm³/mol. The Morgan fingerprint density at radius 1 is 1.08 bits per heavy atom. The lowest BCUT2D eigenvalue weighted by atomic mass is 9.80. The Labute approximate surface area is 228 Å². The maximum atomic E-state index is 13.9. The summed E-state index contributed by atoms with van der Waals surface area (Å²) in [5.41, 5.74) is 4.15. The Balaban J connectivity index is 1.52. The molecular weight excluding hydrogens is 502 g/mol. The number of carboxylic acid groups (broad SMARTS) is 1. The van der Waals surface area contributed by atoms with Gasteiger partial charge in [-0.05, 0) is 98.9 Å². The molecule has 0 radical (unpaired) electrons. The molecule has 39 heavy (non-hydrogen) atoms. The number of hydrogen-bond donors (Lipinski definition) is 3. The van der Waals surface area contributed by atoms with Crippen LogP contribution < -0.4 is 5.32 Å². The van der Waals surface area contributed by atoms with E-state index >= 15 is 0 Å². The van der Waals surface area contributed by atoms with Crippen molar-refractivity contribution in [2.45, 2.75) is 102 Å². The normalized spacial score (nSPS) is 24.2. The molecule has 3 saturated carbocycles. The van der Waals surface area contributed by atoms with Gasteiger partial charge in [-0.2, -0.15) is 0 Å². The summed E-state index contributed by atoms with van der Waals surface area (Å²) in [6.07, 6.45) is 4.20. The van der Waals surface area contributed by atoms with Gasteiger partial charge < -0.3 is 20.1 Å². The van der Waals surface area contributed by atoms with E-state index in [1.807, 2.05) is 23.7 Å². The van der Waals surface area contributed by atoms with E-state index < -0.39 is 23.4 Å². The molecule has 1 aromatic heterocycles. The first-order valence-corrected chi connectivity index (χ1v) is 14.1. The number of alkyl halides is 2. The van der Waals surface area contributed by atoms with Gasteiger partial charge in [0.05, 0.1) is 11.5 Å². The van der Waals surface area contributed by atoms with E-state index in [0.717, 1.165) is 40.8 Å². The number of carbonyl (C=O) groups excluding carboxylic acids is 1. The van der Waals surface area contributed by atoms with Crippen molar-refractivity contribution in [1.82, 2.24) is 9.88 Å². The topological polar surface area (TPSA) is 91.6 Å². The standard InChI is InChI=1S/C31H40F2N2O4/c1-29(2,39)21-12-19(13-22(16-21)30(3)9-10-30)24-17-26(27(36)34-23-14-20(15-23)28(37)38)35(4)25(24)11-18-5-7-31(32,33)8-6-18/h12-13,16-18,20,23,39H,5-11,14-15H2,1-4H3,(H,34,36)(H,37,38)/t20-,23-. The first kappa shape index (κ1) is 27.8. The van der Waals surface area contributed by atoms with Gasteiger partial charge in [0.2, 0.25) is 5.92 Å². The number of rotatable bonds is 8. The summed E-state index contributed by atoms with van der Waals surface area (Å²) in [6, 6.07) is 7.90. The molecule has 6 nitrogen and oxygen atoms in total. The van der Waals surface area contributed by atoms with Crippen LogP contribution in [0.2, 0.25) is 0 Å². The van der Waals surface area contributed by atoms with Gasteiger partial charge in [-0.25, -0.2) is 8.78 Å². The van der Waals surface area contributed by atoms with E-state index in [2.05, 4.69) is 24.4 Å². The van der Waals surface area contributed by atoms with Crippen molar-refractivity contribution in [3.63, 3.8) is 0 Å². The fourth-order valence-electron chi connectivity index (χ4n) is 6.09. The molecule has 212 valence electrons. The van der Waals surface area contributed by atoms with Gasteiger partial charge in [0, 0.05) is 37.2 Å². The van der Waals surface area contributed by atoms with E-state index in [9.17, 15) is 28.6 Å². The molecule has 1 amide bonds. The van der Waals surface area contributed by atoms with E-state index in [-0.39, 0.29) is 36.1 Å². The summed E-state index contributed by atoms with van der Waals surface area (Å²) in [4.78, 5) is 24.6. The molecule has 0 bridgehead atoms. The van der Waals surface area contributed by atoms with Gasteiger partial charge in [-0.15, -0.1) is 0 Å². The molecule has 1 heterocycles. The number of benzene rings is 1. The third-order valence-corrected chi connectivity index (χ3v) is 9.38. The zero-order chi connectivity index (χ0) is 28.3. The van der Waals surface area contributed by atoms with E-state index in [4.69, 9.17) is 0 Å². The summed E-state index contributed by atoms with van der Waals surface area (Å²) in [5, 5.41) is 23.1. The summed E-state index contributed by atoms with van der Waals surface area (Å²) in [7, 11) is 1.84. The van der Waals surface area contributed by atoms with Crippen LogP contribution in [0, 0.1) is 11.8 Å². The zero-order valence-corrected chi connectivity index (χ0v) is 23.3. The Morgan fingerprint density at radius 2 is 1.72 bits per heavy atom. The average molecular weight is 543 g/mol. The number of halogens is 2. The molecule has 2 aromatic rings. The highest BCUT2D eigenvalue weighted by molar-refractivity contribution is 5.95. The van der Waals surface area contributed by atoms with Gasteiger partial charge in [0.15, 0.2) is 0 Å². The summed E-state index contributed by atoms with van der Waals surface area (Å²) >= 11 is 0. The van der Waals surface area contributed by atoms with Gasteiger partial charge >= 0.3 is 5.97 Å². The second kappa shape index (κ2) is 9.72. The van der Waals surface area contributed by atoms with Crippen LogP contribution in [0.15, 0.2) is 24.3 Å². The average Bonchev–Trinajstić information content (AvgIpc) is 3.50. The predicted octanol–water partition coefficient (Wildman–Crippen LogP) is 5.93. The summed E-state index contributed by atoms with van der Waals surface area (Å²) < 4.78 is 29.7. The lowest BCUT2D eigenvalue weighted by Gasteiger charge is -2.32. The number of nitrogens with one attached hydrogen (secondary N) is 1. The van der Waals surface area contributed by atoms with Crippen LogP contribution in [0.3, 0.4) is 0 Å². The Kier molecular flexibility index (Phi) is 6.93. The number of aliphatic hydroxyl groups is 1. The van der Waals surface area contributed by atoms with Crippen molar-refractivity contribution in [1.29, 1.82) is 0 Å². The minimum Gasteiger partial charge on any atom is -0.481 e. The molecule has 3 aliphatic rings. The lowest BCUT2D eigenvalue weighted by Crippen LogP contribution is -2.47. The van der Waals surface area contributed by atoms with Crippen LogP contribution in [0.5, 0.6) is 0 Å². The van der Waals surface area contributed by atoms with Gasteiger partial charge in [-0.1, -0.05) is 19.1 Å². The summed E-state index contributed by atoms with van der Waals surface area (Å²) in [6.45, 7) is 5.75. The fraction of sp³-hybridized carbons (Fsp3) is 0.613. The number of aromatic nitrogens is 1. The van der Waals surface area contributed by atoms with Crippen molar-refractivity contribution < 1.29 is 28.6 Å². The molecule has 0 saturated heterocycles. The number of nitrogens with zero attached hydrogens (tertiary/aromatic N) is 1.